The van der Waals surface area contributed by atoms with Gasteiger partial charge in [-0.1, -0.05) is 0 Å². The molecule has 0 radical (unpaired) electrons. The molecular formula is C20H29N5O3S. The van der Waals surface area contributed by atoms with E-state index in [1.54, 1.807) is 24.2 Å². The molecule has 1 amide bonds. The van der Waals surface area contributed by atoms with E-state index in [1.165, 1.54) is 10.6 Å². The van der Waals surface area contributed by atoms with Gasteiger partial charge in [0.2, 0.25) is 10.0 Å². The van der Waals surface area contributed by atoms with Crippen LogP contribution >= 0.6 is 0 Å². The van der Waals surface area contributed by atoms with Crippen molar-refractivity contribution in [3.05, 3.63) is 46.5 Å². The molecule has 1 saturated heterocycles. The van der Waals surface area contributed by atoms with Crippen molar-refractivity contribution in [3.8, 4) is 0 Å². The van der Waals surface area contributed by atoms with Gasteiger partial charge in [0.25, 0.3) is 5.91 Å². The molecule has 3 rings (SSSR count). The number of amides is 1. The lowest BCUT2D eigenvalue weighted by atomic mass is 9.95. The highest BCUT2D eigenvalue weighted by molar-refractivity contribution is 7.88. The minimum absolute atomic E-state index is 0.0565. The van der Waals surface area contributed by atoms with E-state index in [2.05, 4.69) is 10.1 Å². The van der Waals surface area contributed by atoms with Crippen LogP contribution in [-0.2, 0) is 23.6 Å². The van der Waals surface area contributed by atoms with Crippen LogP contribution in [0.25, 0.3) is 0 Å². The Morgan fingerprint density at radius 1 is 1.31 bits per heavy atom. The molecule has 2 aromatic heterocycles. The zero-order valence-electron chi connectivity index (χ0n) is 17.7. The maximum atomic E-state index is 12.8. The Morgan fingerprint density at radius 3 is 2.59 bits per heavy atom. The molecule has 0 N–H and O–H groups in total. The number of aromatic nitrogens is 3. The summed E-state index contributed by atoms with van der Waals surface area (Å²) in [5.74, 6) is -0.0471. The average molecular weight is 420 g/mol. The third-order valence-electron chi connectivity index (χ3n) is 5.71. The summed E-state index contributed by atoms with van der Waals surface area (Å²) in [4.78, 5) is 19.0. The summed E-state index contributed by atoms with van der Waals surface area (Å²) >= 11 is 0. The molecule has 158 valence electrons. The molecule has 0 aliphatic carbocycles. The van der Waals surface area contributed by atoms with Crippen LogP contribution in [0.15, 0.2) is 18.3 Å². The predicted octanol–water partition coefficient (Wildman–Crippen LogP) is 1.84. The number of carbonyl (C=O) groups excluding carboxylic acids is 1. The van der Waals surface area contributed by atoms with E-state index in [0.29, 0.717) is 25.2 Å². The van der Waals surface area contributed by atoms with Crippen molar-refractivity contribution in [1.29, 1.82) is 0 Å². The highest BCUT2D eigenvalue weighted by atomic mass is 32.2. The summed E-state index contributed by atoms with van der Waals surface area (Å²) in [6.45, 7) is 5.43. The van der Waals surface area contributed by atoms with Gasteiger partial charge in [-0.05, 0) is 38.8 Å². The molecule has 0 spiro atoms. The summed E-state index contributed by atoms with van der Waals surface area (Å²) < 4.78 is 27.0. The summed E-state index contributed by atoms with van der Waals surface area (Å²) in [6, 6.07) is 3.63. The molecule has 0 aromatic carbocycles. The van der Waals surface area contributed by atoms with Crippen molar-refractivity contribution in [3.63, 3.8) is 0 Å². The van der Waals surface area contributed by atoms with Crippen molar-refractivity contribution < 1.29 is 13.2 Å². The second-order valence-corrected chi connectivity index (χ2v) is 9.85. The Hall–Kier alpha value is -2.26. The quantitative estimate of drug-likeness (QED) is 0.738. The lowest BCUT2D eigenvalue weighted by Gasteiger charge is -2.30. The lowest BCUT2D eigenvalue weighted by molar-refractivity contribution is 0.0784. The number of hydrogen-bond acceptors (Lipinski definition) is 5. The van der Waals surface area contributed by atoms with Gasteiger partial charge in [0.05, 0.1) is 17.5 Å². The van der Waals surface area contributed by atoms with Crippen LogP contribution in [0, 0.1) is 13.8 Å². The van der Waals surface area contributed by atoms with E-state index in [0.717, 1.165) is 35.5 Å². The van der Waals surface area contributed by atoms with Crippen LogP contribution in [0.2, 0.25) is 0 Å². The zero-order chi connectivity index (χ0) is 21.3. The summed E-state index contributed by atoms with van der Waals surface area (Å²) in [7, 11) is 0.470. The van der Waals surface area contributed by atoms with Gasteiger partial charge in [0.1, 0.15) is 0 Å². The van der Waals surface area contributed by atoms with E-state index in [1.807, 2.05) is 31.6 Å². The lowest BCUT2D eigenvalue weighted by Crippen LogP contribution is -2.38. The third-order valence-corrected chi connectivity index (χ3v) is 6.98. The van der Waals surface area contributed by atoms with Gasteiger partial charge in [-0.3, -0.25) is 14.5 Å². The van der Waals surface area contributed by atoms with E-state index < -0.39 is 10.0 Å². The summed E-state index contributed by atoms with van der Waals surface area (Å²) in [6.07, 6.45) is 4.54. The van der Waals surface area contributed by atoms with Gasteiger partial charge in [-0.15, -0.1) is 0 Å². The normalized spacial score (nSPS) is 18.0. The third kappa shape index (κ3) is 4.67. The first-order valence-electron chi connectivity index (χ1n) is 9.73. The van der Waals surface area contributed by atoms with Gasteiger partial charge in [-0.2, -0.15) is 5.10 Å². The molecule has 1 fully saturated rings. The average Bonchev–Trinajstić information content (AvgIpc) is 2.93. The molecule has 9 heteroatoms. The largest absolute Gasteiger partial charge is 0.337 e. The monoisotopic (exact) mass is 419 g/mol. The fourth-order valence-electron chi connectivity index (χ4n) is 3.83. The number of piperidine rings is 1. The second kappa shape index (κ2) is 8.23. The second-order valence-electron chi connectivity index (χ2n) is 7.87. The van der Waals surface area contributed by atoms with Crippen LogP contribution in [0.4, 0.5) is 0 Å². The van der Waals surface area contributed by atoms with Crippen molar-refractivity contribution >= 4 is 15.9 Å². The Labute approximate surface area is 172 Å². The maximum absolute atomic E-state index is 12.8. The molecular weight excluding hydrogens is 390 g/mol. The molecule has 1 atom stereocenters. The van der Waals surface area contributed by atoms with Gasteiger partial charge in [-0.25, -0.2) is 12.7 Å². The zero-order valence-corrected chi connectivity index (χ0v) is 18.5. The van der Waals surface area contributed by atoms with Crippen LogP contribution in [0.1, 0.15) is 51.8 Å². The molecule has 8 nitrogen and oxygen atoms in total. The minimum atomic E-state index is -3.20. The fourth-order valence-corrected chi connectivity index (χ4v) is 4.75. The van der Waals surface area contributed by atoms with E-state index >= 15 is 0 Å². The topological polar surface area (TPSA) is 88.4 Å². The maximum Gasteiger partial charge on any atom is 0.255 e. The number of aryl methyl sites for hydroxylation is 2. The van der Waals surface area contributed by atoms with E-state index in [4.69, 9.17) is 0 Å². The fraction of sp³-hybridized carbons (Fsp3) is 0.550. The smallest absolute Gasteiger partial charge is 0.255 e. The minimum Gasteiger partial charge on any atom is -0.337 e. The first-order chi connectivity index (χ1) is 13.6. The molecule has 0 bridgehead atoms. The molecule has 1 aliphatic heterocycles. The number of rotatable bonds is 5. The van der Waals surface area contributed by atoms with Crippen molar-refractivity contribution in [2.75, 3.05) is 26.4 Å². The highest BCUT2D eigenvalue weighted by Gasteiger charge is 2.27. The standard InChI is InChI=1S/C20H29N5O3S/c1-14-18(15(2)24(4)22-14)13-23(3)20(26)16-8-9-19(21-11-16)17-7-6-10-25(12-17)29(5,27)28/h8-9,11,17H,6-7,10,12-13H2,1-5H3/t17-/m1/s1. The number of hydrogen-bond donors (Lipinski definition) is 0. The number of nitrogens with zero attached hydrogens (tertiary/aromatic N) is 5. The van der Waals surface area contributed by atoms with Crippen LogP contribution < -0.4 is 0 Å². The van der Waals surface area contributed by atoms with E-state index in [9.17, 15) is 13.2 Å². The molecule has 0 unspecified atom stereocenters. The number of carbonyl (C=O) groups is 1. The number of pyridine rings is 1. The van der Waals surface area contributed by atoms with Crippen LogP contribution in [0.5, 0.6) is 0 Å². The van der Waals surface area contributed by atoms with Crippen molar-refractivity contribution in [2.45, 2.75) is 39.2 Å². The number of sulfonamides is 1. The SMILES string of the molecule is Cc1nn(C)c(C)c1CN(C)C(=O)c1ccc([C@@H]2CCCN(S(C)(=O)=O)C2)nc1. The summed E-state index contributed by atoms with van der Waals surface area (Å²) in [5, 5.41) is 4.40. The van der Waals surface area contributed by atoms with E-state index in [-0.39, 0.29) is 11.8 Å². The molecule has 0 saturated carbocycles. The Morgan fingerprint density at radius 2 is 2.03 bits per heavy atom. The van der Waals surface area contributed by atoms with Gasteiger partial charge in [0.15, 0.2) is 0 Å². The van der Waals surface area contributed by atoms with Gasteiger partial charge in [0, 0.05) is 62.8 Å². The van der Waals surface area contributed by atoms with Crippen LogP contribution in [0.3, 0.4) is 0 Å². The van der Waals surface area contributed by atoms with Gasteiger partial charge < -0.3 is 4.90 Å². The van der Waals surface area contributed by atoms with Crippen LogP contribution in [-0.4, -0.2) is 64.7 Å². The Kier molecular flexibility index (Phi) is 6.09. The molecule has 1 aliphatic rings. The van der Waals surface area contributed by atoms with Gasteiger partial charge >= 0.3 is 0 Å². The van der Waals surface area contributed by atoms with Crippen molar-refractivity contribution in [2.24, 2.45) is 7.05 Å². The molecule has 29 heavy (non-hydrogen) atoms. The molecule has 3 heterocycles. The Bertz CT molecular complexity index is 998. The predicted molar refractivity (Wildman–Crippen MR) is 111 cm³/mol. The first-order valence-corrected chi connectivity index (χ1v) is 11.6. The van der Waals surface area contributed by atoms with Crippen molar-refractivity contribution in [1.82, 2.24) is 24.0 Å². The molecule has 2 aromatic rings. The Balaban J connectivity index is 1.70. The highest BCUT2D eigenvalue weighted by Crippen LogP contribution is 2.27. The first kappa shape index (κ1) is 21.4. The summed E-state index contributed by atoms with van der Waals surface area (Å²) in [5.41, 5.74) is 4.37.